The van der Waals surface area contributed by atoms with Crippen LogP contribution in [0, 0.1) is 22.7 Å². The lowest BCUT2D eigenvalue weighted by atomic mass is 9.58. The largest absolute Gasteiger partial charge is 0.481 e. The van der Waals surface area contributed by atoms with Crippen molar-refractivity contribution >= 4 is 5.97 Å². The van der Waals surface area contributed by atoms with E-state index in [0.717, 1.165) is 25.2 Å². The zero-order chi connectivity index (χ0) is 10.7. The standard InChI is InChI=1S/C13H20O2/c1-2-12-7-5-9(8-12)10-4-3-6-13(10,12)11(14)15/h9-10H,2-8H2,1H3,(H,14,15). The molecule has 3 aliphatic rings. The second-order valence-electron chi connectivity index (χ2n) is 5.91. The van der Waals surface area contributed by atoms with Crippen molar-refractivity contribution in [2.45, 2.75) is 51.9 Å². The molecule has 0 aromatic rings. The van der Waals surface area contributed by atoms with E-state index < -0.39 is 5.97 Å². The van der Waals surface area contributed by atoms with Crippen LogP contribution >= 0.6 is 0 Å². The normalized spacial score (nSPS) is 52.1. The summed E-state index contributed by atoms with van der Waals surface area (Å²) in [5.74, 6) is 0.779. The van der Waals surface area contributed by atoms with Gasteiger partial charge in [0.25, 0.3) is 0 Å². The van der Waals surface area contributed by atoms with Crippen LogP contribution in [0.2, 0.25) is 0 Å². The Morgan fingerprint density at radius 1 is 1.40 bits per heavy atom. The molecule has 0 heterocycles. The van der Waals surface area contributed by atoms with Crippen molar-refractivity contribution in [1.82, 2.24) is 0 Å². The van der Waals surface area contributed by atoms with Gasteiger partial charge >= 0.3 is 5.97 Å². The average molecular weight is 208 g/mol. The summed E-state index contributed by atoms with van der Waals surface area (Å²) in [7, 11) is 0. The number of hydrogen-bond acceptors (Lipinski definition) is 1. The van der Waals surface area contributed by atoms with E-state index in [1.807, 2.05) is 0 Å². The van der Waals surface area contributed by atoms with Crippen LogP contribution in [0.3, 0.4) is 0 Å². The topological polar surface area (TPSA) is 37.3 Å². The molecule has 0 radical (unpaired) electrons. The Balaban J connectivity index is 2.11. The molecular formula is C13H20O2. The van der Waals surface area contributed by atoms with Crippen LogP contribution in [0.15, 0.2) is 0 Å². The Hall–Kier alpha value is -0.530. The van der Waals surface area contributed by atoms with Gasteiger partial charge in [-0.2, -0.15) is 0 Å². The van der Waals surface area contributed by atoms with Crippen molar-refractivity contribution in [2.75, 3.05) is 0 Å². The molecule has 2 bridgehead atoms. The molecule has 0 amide bonds. The van der Waals surface area contributed by atoms with Crippen LogP contribution in [-0.4, -0.2) is 11.1 Å². The molecule has 2 nitrogen and oxygen atoms in total. The summed E-state index contributed by atoms with van der Waals surface area (Å²) in [5.41, 5.74) is -0.144. The second-order valence-corrected chi connectivity index (χ2v) is 5.91. The Labute approximate surface area is 91.1 Å². The van der Waals surface area contributed by atoms with Gasteiger partial charge in [0.15, 0.2) is 0 Å². The third-order valence-electron chi connectivity index (χ3n) is 5.94. The van der Waals surface area contributed by atoms with Gasteiger partial charge in [-0.15, -0.1) is 0 Å². The van der Waals surface area contributed by atoms with Gasteiger partial charge in [-0.1, -0.05) is 13.3 Å². The van der Waals surface area contributed by atoms with Crippen molar-refractivity contribution in [3.8, 4) is 0 Å². The number of fused-ring (bicyclic) bond motifs is 5. The van der Waals surface area contributed by atoms with E-state index in [9.17, 15) is 9.90 Å². The molecule has 1 N–H and O–H groups in total. The highest BCUT2D eigenvalue weighted by Crippen LogP contribution is 2.73. The van der Waals surface area contributed by atoms with Crippen LogP contribution in [-0.2, 0) is 4.79 Å². The first kappa shape index (κ1) is 9.68. The molecular weight excluding hydrogens is 188 g/mol. The van der Waals surface area contributed by atoms with E-state index in [1.165, 1.54) is 25.7 Å². The highest BCUT2D eigenvalue weighted by Gasteiger charge is 2.70. The van der Waals surface area contributed by atoms with Crippen molar-refractivity contribution in [2.24, 2.45) is 22.7 Å². The molecule has 3 fully saturated rings. The van der Waals surface area contributed by atoms with Gasteiger partial charge in [0.05, 0.1) is 5.41 Å². The Morgan fingerprint density at radius 3 is 2.87 bits per heavy atom. The third-order valence-corrected chi connectivity index (χ3v) is 5.94. The minimum absolute atomic E-state index is 0.171. The van der Waals surface area contributed by atoms with Gasteiger partial charge in [-0.25, -0.2) is 0 Å². The molecule has 0 spiro atoms. The molecule has 4 unspecified atom stereocenters. The minimum Gasteiger partial charge on any atom is -0.481 e. The monoisotopic (exact) mass is 208 g/mol. The Bertz CT molecular complexity index is 312. The summed E-state index contributed by atoms with van der Waals surface area (Å²) >= 11 is 0. The van der Waals surface area contributed by atoms with Crippen LogP contribution in [0.1, 0.15) is 51.9 Å². The molecule has 3 aliphatic carbocycles. The number of aliphatic carboxylic acids is 1. The fraction of sp³-hybridized carbons (Fsp3) is 0.923. The third kappa shape index (κ3) is 0.857. The van der Waals surface area contributed by atoms with E-state index >= 15 is 0 Å². The lowest BCUT2D eigenvalue weighted by Gasteiger charge is -2.44. The molecule has 0 aromatic carbocycles. The number of hydrogen-bond donors (Lipinski definition) is 1. The summed E-state index contributed by atoms with van der Waals surface area (Å²) in [6.07, 6.45) is 8.04. The molecule has 3 saturated carbocycles. The van der Waals surface area contributed by atoms with E-state index in [-0.39, 0.29) is 10.8 Å². The summed E-state index contributed by atoms with van der Waals surface area (Å²) in [5, 5.41) is 9.69. The molecule has 0 aromatic heterocycles. The number of carboxylic acid groups (broad SMARTS) is 1. The molecule has 0 aliphatic heterocycles. The van der Waals surface area contributed by atoms with Crippen molar-refractivity contribution in [3.05, 3.63) is 0 Å². The molecule has 84 valence electrons. The lowest BCUT2D eigenvalue weighted by molar-refractivity contribution is -0.161. The van der Waals surface area contributed by atoms with Crippen LogP contribution in [0.25, 0.3) is 0 Å². The van der Waals surface area contributed by atoms with E-state index in [0.29, 0.717) is 5.92 Å². The molecule has 2 heteroatoms. The SMILES string of the molecule is CCC12CCC(C1)C1CCCC12C(=O)O. The summed E-state index contributed by atoms with van der Waals surface area (Å²) in [6.45, 7) is 2.20. The van der Waals surface area contributed by atoms with E-state index in [1.54, 1.807) is 0 Å². The summed E-state index contributed by atoms with van der Waals surface area (Å²) in [6, 6.07) is 0. The number of rotatable bonds is 2. The number of carboxylic acids is 1. The zero-order valence-electron chi connectivity index (χ0n) is 9.46. The van der Waals surface area contributed by atoms with Crippen LogP contribution in [0.5, 0.6) is 0 Å². The van der Waals surface area contributed by atoms with Gasteiger partial charge in [0.2, 0.25) is 0 Å². The van der Waals surface area contributed by atoms with Crippen molar-refractivity contribution in [1.29, 1.82) is 0 Å². The Kier molecular flexibility index (Phi) is 1.79. The fourth-order valence-corrected chi connectivity index (χ4v) is 5.37. The molecule has 4 atom stereocenters. The van der Waals surface area contributed by atoms with E-state index in [4.69, 9.17) is 0 Å². The van der Waals surface area contributed by atoms with Crippen molar-refractivity contribution < 1.29 is 9.90 Å². The molecule has 3 rings (SSSR count). The van der Waals surface area contributed by atoms with Crippen LogP contribution < -0.4 is 0 Å². The van der Waals surface area contributed by atoms with Gasteiger partial charge < -0.3 is 5.11 Å². The quantitative estimate of drug-likeness (QED) is 0.757. The van der Waals surface area contributed by atoms with Crippen LogP contribution in [0.4, 0.5) is 0 Å². The van der Waals surface area contributed by atoms with Crippen molar-refractivity contribution in [3.63, 3.8) is 0 Å². The first-order valence-corrected chi connectivity index (χ1v) is 6.40. The maximum Gasteiger partial charge on any atom is 0.310 e. The fourth-order valence-electron chi connectivity index (χ4n) is 5.37. The number of carbonyl (C=O) groups is 1. The molecule has 15 heavy (non-hydrogen) atoms. The molecule has 0 saturated heterocycles. The first-order valence-electron chi connectivity index (χ1n) is 6.40. The van der Waals surface area contributed by atoms with Gasteiger partial charge in [0.1, 0.15) is 0 Å². The maximum atomic E-state index is 11.8. The summed E-state index contributed by atoms with van der Waals surface area (Å²) < 4.78 is 0. The zero-order valence-corrected chi connectivity index (χ0v) is 9.46. The van der Waals surface area contributed by atoms with E-state index in [2.05, 4.69) is 6.92 Å². The minimum atomic E-state index is -0.478. The Morgan fingerprint density at radius 2 is 2.20 bits per heavy atom. The first-order chi connectivity index (χ1) is 7.16. The van der Waals surface area contributed by atoms with Gasteiger partial charge in [0, 0.05) is 0 Å². The smallest absolute Gasteiger partial charge is 0.310 e. The highest BCUT2D eigenvalue weighted by molar-refractivity contribution is 5.78. The second kappa shape index (κ2) is 2.78. The summed E-state index contributed by atoms with van der Waals surface area (Å²) in [4.78, 5) is 11.8. The predicted octanol–water partition coefficient (Wildman–Crippen LogP) is 3.07. The maximum absolute atomic E-state index is 11.8. The highest BCUT2D eigenvalue weighted by atomic mass is 16.4. The van der Waals surface area contributed by atoms with Gasteiger partial charge in [-0.05, 0) is 55.8 Å². The predicted molar refractivity (Wildman–Crippen MR) is 57.5 cm³/mol. The average Bonchev–Trinajstić information content (AvgIpc) is 2.88. The lowest BCUT2D eigenvalue weighted by Crippen LogP contribution is -2.46. The van der Waals surface area contributed by atoms with Gasteiger partial charge in [-0.3, -0.25) is 4.79 Å².